The van der Waals surface area contributed by atoms with Crippen molar-refractivity contribution in [3.63, 3.8) is 0 Å². The molecule has 0 unspecified atom stereocenters. The number of hydrogen-bond donors (Lipinski definition) is 0. The maximum absolute atomic E-state index is 14.1. The molecule has 1 heterocycles. The molecule has 3 aromatic rings. The number of rotatable bonds is 9. The first-order chi connectivity index (χ1) is 23.0. The quantitative estimate of drug-likeness (QED) is 0.0990. The number of halogens is 1. The van der Waals surface area contributed by atoms with Crippen LogP contribution < -0.4 is 4.90 Å². The van der Waals surface area contributed by atoms with Crippen molar-refractivity contribution in [2.45, 2.75) is 39.7 Å². The molecule has 240 valence electrons. The van der Waals surface area contributed by atoms with E-state index < -0.39 is 23.1 Å². The van der Waals surface area contributed by atoms with E-state index in [0.29, 0.717) is 17.2 Å². The van der Waals surface area contributed by atoms with Crippen LogP contribution in [0.2, 0.25) is 0 Å². The van der Waals surface area contributed by atoms with E-state index in [2.05, 4.69) is 26.0 Å². The molecule has 2 aliphatic rings. The predicted molar refractivity (Wildman–Crippen MR) is 190 cm³/mol. The van der Waals surface area contributed by atoms with E-state index in [4.69, 9.17) is 21.6 Å². The van der Waals surface area contributed by atoms with Crippen molar-refractivity contribution in [1.82, 2.24) is 0 Å². The van der Waals surface area contributed by atoms with Crippen molar-refractivity contribution in [1.29, 1.82) is 5.26 Å². The van der Waals surface area contributed by atoms with Gasteiger partial charge < -0.3 is 9.64 Å². The Bertz CT molecular complexity index is 1970. The molecule has 48 heavy (non-hydrogen) atoms. The van der Waals surface area contributed by atoms with Crippen LogP contribution in [0.15, 0.2) is 143 Å². The maximum Gasteiger partial charge on any atom is 0.332 e. The molecule has 0 saturated carbocycles. The number of esters is 1. The monoisotopic (exact) mass is 654 g/mol. The number of nitrogens with zero attached hydrogens (tertiary/aromatic N) is 2. The summed E-state index contributed by atoms with van der Waals surface area (Å²) in [6, 6.07) is 26.4. The maximum atomic E-state index is 14.1. The molecule has 3 aromatic carbocycles. The Balaban J connectivity index is 1.53. The number of anilines is 1. The Morgan fingerprint density at radius 3 is 2.23 bits per heavy atom. The Hall–Kier alpha value is -5.51. The molecule has 7 heteroatoms. The number of ketones is 2. The second-order valence-electron chi connectivity index (χ2n) is 11.9. The van der Waals surface area contributed by atoms with Gasteiger partial charge in [-0.2, -0.15) is 5.26 Å². The zero-order valence-corrected chi connectivity index (χ0v) is 28.0. The van der Waals surface area contributed by atoms with Crippen molar-refractivity contribution in [2.24, 2.45) is 5.92 Å². The van der Waals surface area contributed by atoms with Gasteiger partial charge in [0.05, 0.1) is 16.7 Å². The molecule has 0 spiro atoms. The highest BCUT2D eigenvalue weighted by molar-refractivity contribution is 6.49. The fourth-order valence-electron chi connectivity index (χ4n) is 5.42. The summed E-state index contributed by atoms with van der Waals surface area (Å²) >= 11 is 6.68. The minimum atomic E-state index is -2.15. The van der Waals surface area contributed by atoms with Gasteiger partial charge in [0.2, 0.25) is 17.2 Å². The van der Waals surface area contributed by atoms with E-state index in [0.717, 1.165) is 34.4 Å². The second-order valence-corrected chi connectivity index (χ2v) is 12.3. The molecule has 0 N–H and O–H groups in total. The van der Waals surface area contributed by atoms with Gasteiger partial charge in [-0.1, -0.05) is 104 Å². The van der Waals surface area contributed by atoms with E-state index in [9.17, 15) is 14.4 Å². The molecule has 0 bridgehead atoms. The zero-order valence-electron chi connectivity index (χ0n) is 27.2. The number of carbonyl (C=O) groups excluding carboxylic acids is 3. The normalized spacial score (nSPS) is 18.8. The molecule has 1 aliphatic carbocycles. The fraction of sp³-hybridized carbons (Fsp3) is 0.171. The molecule has 6 nitrogen and oxygen atoms in total. The highest BCUT2D eigenvalue weighted by Crippen LogP contribution is 2.41. The molecule has 0 aromatic heterocycles. The fourth-order valence-corrected chi connectivity index (χ4v) is 5.76. The van der Waals surface area contributed by atoms with Crippen LogP contribution in [0.1, 0.15) is 45.2 Å². The minimum Gasteiger partial charge on any atom is -0.439 e. The predicted octanol–water partition coefficient (Wildman–Crippen LogP) is 9.02. The van der Waals surface area contributed by atoms with Gasteiger partial charge >= 0.3 is 5.97 Å². The van der Waals surface area contributed by atoms with Crippen molar-refractivity contribution in [2.75, 3.05) is 4.90 Å². The van der Waals surface area contributed by atoms with Crippen LogP contribution in [0.5, 0.6) is 0 Å². The van der Waals surface area contributed by atoms with Crippen LogP contribution in [0.3, 0.4) is 0 Å². The molecule has 5 rings (SSSR count). The van der Waals surface area contributed by atoms with E-state index >= 15 is 0 Å². The van der Waals surface area contributed by atoms with Gasteiger partial charge in [-0.3, -0.25) is 9.59 Å². The first-order valence-corrected chi connectivity index (χ1v) is 16.1. The number of ether oxygens (including phenoxy) is 1. The van der Waals surface area contributed by atoms with Crippen LogP contribution in [0.4, 0.5) is 5.69 Å². The van der Waals surface area contributed by atoms with Crippen LogP contribution in [-0.2, 0) is 19.1 Å². The lowest BCUT2D eigenvalue weighted by molar-refractivity contribution is -0.165. The van der Waals surface area contributed by atoms with Gasteiger partial charge in [0.1, 0.15) is 0 Å². The van der Waals surface area contributed by atoms with Gasteiger partial charge in [-0.25, -0.2) is 4.79 Å². The van der Waals surface area contributed by atoms with Crippen LogP contribution in [0.25, 0.3) is 17.2 Å². The lowest BCUT2D eigenvalue weighted by Gasteiger charge is -2.35. The topological polar surface area (TPSA) is 87.5 Å². The Labute approximate surface area is 286 Å². The summed E-state index contributed by atoms with van der Waals surface area (Å²) in [5, 5.41) is 8.97. The zero-order chi connectivity index (χ0) is 34.4. The number of hydrogen-bond acceptors (Lipinski definition) is 6. The SMILES string of the molecule is CC[C@H](C)/C=C(C)/C=C/C1=CC2=C(Cl)C(=O)[C@](C)(OC(=O)C=Cc3ccccc3)C(=O)C2=CN1c1ccc(-c2ccc(C#N)cc2)cc1. The third-order valence-electron chi connectivity index (χ3n) is 8.38. The summed E-state index contributed by atoms with van der Waals surface area (Å²) in [6.45, 7) is 7.59. The molecule has 0 radical (unpaired) electrons. The van der Waals surface area contributed by atoms with Gasteiger partial charge in [0.15, 0.2) is 0 Å². The average molecular weight is 655 g/mol. The second kappa shape index (κ2) is 14.5. The Morgan fingerprint density at radius 2 is 1.60 bits per heavy atom. The van der Waals surface area contributed by atoms with Crippen LogP contribution in [0, 0.1) is 17.2 Å². The molecule has 0 saturated heterocycles. The third kappa shape index (κ3) is 7.22. The summed E-state index contributed by atoms with van der Waals surface area (Å²) < 4.78 is 5.55. The molecule has 0 fully saturated rings. The molecule has 2 atom stereocenters. The van der Waals surface area contributed by atoms with Crippen molar-refractivity contribution in [3.05, 3.63) is 154 Å². The van der Waals surface area contributed by atoms with Crippen molar-refractivity contribution >= 4 is 40.9 Å². The van der Waals surface area contributed by atoms with Crippen LogP contribution >= 0.6 is 11.6 Å². The van der Waals surface area contributed by atoms with Gasteiger partial charge in [-0.15, -0.1) is 0 Å². The lowest BCUT2D eigenvalue weighted by atomic mass is 9.79. The number of nitriles is 1. The van der Waals surface area contributed by atoms with E-state index in [1.165, 1.54) is 13.0 Å². The van der Waals surface area contributed by atoms with Crippen molar-refractivity contribution < 1.29 is 19.1 Å². The largest absolute Gasteiger partial charge is 0.439 e. The lowest BCUT2D eigenvalue weighted by Crippen LogP contribution is -2.52. The van der Waals surface area contributed by atoms with Gasteiger partial charge in [-0.05, 0) is 78.9 Å². The van der Waals surface area contributed by atoms with E-state index in [-0.39, 0.29) is 16.2 Å². The highest BCUT2D eigenvalue weighted by atomic mass is 35.5. The number of benzene rings is 3. The first-order valence-electron chi connectivity index (χ1n) is 15.7. The number of Topliss-reactive ketones (excluding diaryl/α,β-unsaturated/α-hetero) is 2. The van der Waals surface area contributed by atoms with Crippen LogP contribution in [-0.4, -0.2) is 23.1 Å². The number of allylic oxidation sites excluding steroid dienone is 6. The molecule has 0 amide bonds. The Kier molecular flexibility index (Phi) is 10.2. The molecule has 1 aliphatic heterocycles. The van der Waals surface area contributed by atoms with Gasteiger partial charge in [0.25, 0.3) is 0 Å². The molecular formula is C41H35ClN2O4. The smallest absolute Gasteiger partial charge is 0.332 e. The summed E-state index contributed by atoms with van der Waals surface area (Å²) in [5.74, 6) is -1.89. The van der Waals surface area contributed by atoms with Crippen molar-refractivity contribution in [3.8, 4) is 17.2 Å². The Morgan fingerprint density at radius 1 is 0.958 bits per heavy atom. The minimum absolute atomic E-state index is 0.155. The average Bonchev–Trinajstić information content (AvgIpc) is 3.11. The highest BCUT2D eigenvalue weighted by Gasteiger charge is 2.52. The standard InChI is InChI=1S/C41H35ClN2O4/c1-5-27(2)23-28(3)11-19-34-24-35-36(26-44(34)33-20-17-32(18-21-33)31-15-12-30(25-43)13-16-31)39(46)41(4,40(47)38(35)42)48-37(45)22-14-29-9-7-6-8-10-29/h6-24,26-27H,5H2,1-4H3/b19-11+,22-14?,28-23+/t27-,41+/m0/s1. The van der Waals surface area contributed by atoms with E-state index in [1.54, 1.807) is 30.5 Å². The summed E-state index contributed by atoms with van der Waals surface area (Å²) in [7, 11) is 0. The number of carbonyl (C=O) groups is 3. The first kappa shape index (κ1) is 33.8. The number of fused-ring (bicyclic) bond motifs is 1. The van der Waals surface area contributed by atoms with Gasteiger partial charge in [0, 0.05) is 34.8 Å². The summed E-state index contributed by atoms with van der Waals surface area (Å²) in [5.41, 5.74) is 4.03. The molecular weight excluding hydrogens is 620 g/mol. The summed E-state index contributed by atoms with van der Waals surface area (Å²) in [4.78, 5) is 42.4. The summed E-state index contributed by atoms with van der Waals surface area (Å²) in [6.07, 6.45) is 13.2. The third-order valence-corrected chi connectivity index (χ3v) is 8.76. The van der Waals surface area contributed by atoms with E-state index in [1.807, 2.05) is 90.7 Å².